The minimum absolute atomic E-state index is 0.154. The number of rotatable bonds is 5. The van der Waals surface area contributed by atoms with E-state index in [9.17, 15) is 9.18 Å². The molecule has 1 atom stereocenters. The molecule has 142 valence electrons. The van der Waals surface area contributed by atoms with Crippen LogP contribution < -0.4 is 5.32 Å². The van der Waals surface area contributed by atoms with Crippen molar-refractivity contribution in [3.63, 3.8) is 0 Å². The van der Waals surface area contributed by atoms with Gasteiger partial charge in [0.05, 0.1) is 12.3 Å². The third kappa shape index (κ3) is 4.25. The molecule has 0 saturated carbocycles. The van der Waals surface area contributed by atoms with Crippen molar-refractivity contribution in [2.75, 3.05) is 5.32 Å². The topological polar surface area (TPSA) is 81.4 Å². The van der Waals surface area contributed by atoms with E-state index in [0.29, 0.717) is 18.7 Å². The van der Waals surface area contributed by atoms with Gasteiger partial charge in [0.15, 0.2) is 0 Å². The van der Waals surface area contributed by atoms with Crippen LogP contribution in [0.4, 0.5) is 10.3 Å². The predicted molar refractivity (Wildman–Crippen MR) is 104 cm³/mol. The number of carbonyl (C=O) groups is 1. The first-order valence-corrected chi connectivity index (χ1v) is 9.29. The zero-order valence-electron chi connectivity index (χ0n) is 14.5. The molecular weight excluding hydrogens is 429 g/mol. The molecule has 2 aromatic carbocycles. The number of anilines is 1. The Morgan fingerprint density at radius 3 is 2.96 bits per heavy atom. The molecule has 1 amide bonds. The van der Waals surface area contributed by atoms with Gasteiger partial charge in [-0.25, -0.2) is 14.1 Å². The summed E-state index contributed by atoms with van der Waals surface area (Å²) in [7, 11) is 0. The Hall–Kier alpha value is -3.07. The van der Waals surface area contributed by atoms with Gasteiger partial charge in [0.1, 0.15) is 12.1 Å². The van der Waals surface area contributed by atoms with Crippen LogP contribution >= 0.6 is 15.9 Å². The summed E-state index contributed by atoms with van der Waals surface area (Å²) < 4.78 is 15.7. The lowest BCUT2D eigenvalue weighted by Gasteiger charge is -2.06. The van der Waals surface area contributed by atoms with Gasteiger partial charge in [0.25, 0.3) is 5.91 Å². The summed E-state index contributed by atoms with van der Waals surface area (Å²) in [4.78, 5) is 21.7. The molecule has 1 aliphatic rings. The van der Waals surface area contributed by atoms with Crippen molar-refractivity contribution in [3.8, 4) is 0 Å². The van der Waals surface area contributed by atoms with Crippen molar-refractivity contribution in [2.24, 2.45) is 5.16 Å². The van der Waals surface area contributed by atoms with Crippen LogP contribution in [0.15, 0.2) is 64.5 Å². The second-order valence-corrected chi connectivity index (χ2v) is 7.15. The van der Waals surface area contributed by atoms with E-state index >= 15 is 0 Å². The summed E-state index contributed by atoms with van der Waals surface area (Å²) in [6.07, 6.45) is 1.08. The highest BCUT2D eigenvalue weighted by atomic mass is 79.9. The lowest BCUT2D eigenvalue weighted by atomic mass is 10.0. The van der Waals surface area contributed by atoms with Crippen LogP contribution in [0, 0.1) is 5.82 Å². The van der Waals surface area contributed by atoms with Crippen molar-refractivity contribution in [3.05, 3.63) is 76.3 Å². The first-order valence-electron chi connectivity index (χ1n) is 8.50. The molecule has 28 heavy (non-hydrogen) atoms. The minimum atomic E-state index is -0.746. The fourth-order valence-electron chi connectivity index (χ4n) is 2.80. The lowest BCUT2D eigenvalue weighted by Crippen LogP contribution is -2.28. The SMILES string of the molecule is O=C(Nc1ncn(Cc2cccc(F)c2)n1)C1CC(c2cccc(Br)c2)=NO1. The van der Waals surface area contributed by atoms with Crippen molar-refractivity contribution in [1.82, 2.24) is 14.8 Å². The summed E-state index contributed by atoms with van der Waals surface area (Å²) in [5.74, 6) is -0.538. The fraction of sp³-hybridized carbons (Fsp3) is 0.158. The lowest BCUT2D eigenvalue weighted by molar-refractivity contribution is -0.125. The summed E-state index contributed by atoms with van der Waals surface area (Å²) in [6, 6.07) is 13.8. The van der Waals surface area contributed by atoms with Gasteiger partial charge in [-0.1, -0.05) is 45.4 Å². The van der Waals surface area contributed by atoms with E-state index in [1.807, 2.05) is 24.3 Å². The highest BCUT2D eigenvalue weighted by Gasteiger charge is 2.29. The number of oxime groups is 1. The third-order valence-electron chi connectivity index (χ3n) is 4.12. The average molecular weight is 444 g/mol. The number of hydrogen-bond acceptors (Lipinski definition) is 5. The number of aromatic nitrogens is 3. The molecule has 1 aliphatic heterocycles. The summed E-state index contributed by atoms with van der Waals surface area (Å²) in [5, 5.41) is 10.8. The van der Waals surface area contributed by atoms with Crippen LogP contribution in [0.3, 0.4) is 0 Å². The summed E-state index contributed by atoms with van der Waals surface area (Å²) >= 11 is 3.41. The van der Waals surface area contributed by atoms with Gasteiger partial charge in [0.2, 0.25) is 12.1 Å². The van der Waals surface area contributed by atoms with E-state index < -0.39 is 6.10 Å². The number of carbonyl (C=O) groups excluding carboxylic acids is 1. The standard InChI is InChI=1S/C19H15BrFN5O2/c20-14-5-2-4-13(8-14)16-9-17(28-25-16)18(27)23-19-22-11-26(24-19)10-12-3-1-6-15(21)7-12/h1-8,11,17H,9-10H2,(H,23,24,27). The summed E-state index contributed by atoms with van der Waals surface area (Å²) in [6.45, 7) is 0.344. The van der Waals surface area contributed by atoms with Gasteiger partial charge >= 0.3 is 0 Å². The van der Waals surface area contributed by atoms with Crippen LogP contribution in [-0.2, 0) is 16.2 Å². The van der Waals surface area contributed by atoms with E-state index in [2.05, 4.69) is 36.5 Å². The molecule has 0 spiro atoms. The zero-order valence-corrected chi connectivity index (χ0v) is 16.1. The van der Waals surface area contributed by atoms with E-state index in [1.54, 1.807) is 12.1 Å². The maximum absolute atomic E-state index is 13.3. The Morgan fingerprint density at radius 1 is 1.29 bits per heavy atom. The minimum Gasteiger partial charge on any atom is -0.382 e. The second kappa shape index (κ2) is 7.89. The number of benzene rings is 2. The van der Waals surface area contributed by atoms with Gasteiger partial charge < -0.3 is 4.84 Å². The van der Waals surface area contributed by atoms with Crippen molar-refractivity contribution >= 4 is 33.5 Å². The third-order valence-corrected chi connectivity index (χ3v) is 4.62. The molecule has 3 aromatic rings. The number of halogens is 2. The molecule has 1 N–H and O–H groups in total. The number of nitrogens with one attached hydrogen (secondary N) is 1. The van der Waals surface area contributed by atoms with Gasteiger partial charge in [-0.05, 0) is 29.8 Å². The largest absolute Gasteiger partial charge is 0.382 e. The molecule has 1 aromatic heterocycles. The smallest absolute Gasteiger partial charge is 0.271 e. The van der Waals surface area contributed by atoms with E-state index in [-0.39, 0.29) is 17.7 Å². The molecule has 4 rings (SSSR count). The normalized spacial score (nSPS) is 15.8. The molecule has 2 heterocycles. The maximum atomic E-state index is 13.3. The van der Waals surface area contributed by atoms with Gasteiger partial charge in [-0.3, -0.25) is 10.1 Å². The molecule has 9 heteroatoms. The number of nitrogens with zero attached hydrogens (tertiary/aromatic N) is 4. The zero-order chi connectivity index (χ0) is 19.5. The monoisotopic (exact) mass is 443 g/mol. The van der Waals surface area contributed by atoms with Crippen LogP contribution in [0.2, 0.25) is 0 Å². The number of amides is 1. The Labute approximate surface area is 168 Å². The number of hydrogen-bond donors (Lipinski definition) is 1. The van der Waals surface area contributed by atoms with Crippen molar-refractivity contribution < 1.29 is 14.0 Å². The molecule has 0 fully saturated rings. The first kappa shape index (κ1) is 18.3. The van der Waals surface area contributed by atoms with E-state index in [0.717, 1.165) is 15.6 Å². The second-order valence-electron chi connectivity index (χ2n) is 6.23. The molecule has 1 unspecified atom stereocenters. The van der Waals surface area contributed by atoms with Crippen LogP contribution in [0.1, 0.15) is 17.5 Å². The summed E-state index contributed by atoms with van der Waals surface area (Å²) in [5.41, 5.74) is 2.34. The van der Waals surface area contributed by atoms with Crippen LogP contribution in [-0.4, -0.2) is 32.5 Å². The van der Waals surface area contributed by atoms with Gasteiger partial charge in [-0.2, -0.15) is 0 Å². The van der Waals surface area contributed by atoms with Gasteiger partial charge in [-0.15, -0.1) is 5.10 Å². The highest BCUT2D eigenvalue weighted by Crippen LogP contribution is 2.20. The van der Waals surface area contributed by atoms with E-state index in [4.69, 9.17) is 4.84 Å². The van der Waals surface area contributed by atoms with Crippen molar-refractivity contribution in [2.45, 2.75) is 19.1 Å². The molecule has 0 radical (unpaired) electrons. The predicted octanol–water partition coefficient (Wildman–Crippen LogP) is 3.36. The highest BCUT2D eigenvalue weighted by molar-refractivity contribution is 9.10. The van der Waals surface area contributed by atoms with Crippen LogP contribution in [0.25, 0.3) is 0 Å². The van der Waals surface area contributed by atoms with Crippen molar-refractivity contribution in [1.29, 1.82) is 0 Å². The van der Waals surface area contributed by atoms with E-state index in [1.165, 1.54) is 23.1 Å². The fourth-order valence-corrected chi connectivity index (χ4v) is 3.20. The maximum Gasteiger partial charge on any atom is 0.271 e. The quantitative estimate of drug-likeness (QED) is 0.655. The molecule has 0 aliphatic carbocycles. The van der Waals surface area contributed by atoms with Crippen LogP contribution in [0.5, 0.6) is 0 Å². The Morgan fingerprint density at radius 2 is 2.14 bits per heavy atom. The Bertz CT molecular complexity index is 1050. The molecule has 0 saturated heterocycles. The average Bonchev–Trinajstić information content (AvgIpc) is 3.32. The molecule has 7 nitrogen and oxygen atoms in total. The first-order chi connectivity index (χ1) is 13.6. The molecule has 0 bridgehead atoms. The Kier molecular flexibility index (Phi) is 5.16. The molecular formula is C19H15BrFN5O2. The van der Waals surface area contributed by atoms with Gasteiger partial charge in [0, 0.05) is 16.5 Å². The Balaban J connectivity index is 1.35.